The van der Waals surface area contributed by atoms with Crippen LogP contribution in [0.4, 0.5) is 0 Å². The summed E-state index contributed by atoms with van der Waals surface area (Å²) in [5.41, 5.74) is 0.638. The van der Waals surface area contributed by atoms with Gasteiger partial charge in [-0.25, -0.2) is 0 Å². The van der Waals surface area contributed by atoms with Gasteiger partial charge in [-0.15, -0.1) is 0 Å². The fourth-order valence-corrected chi connectivity index (χ4v) is 2.99. The van der Waals surface area contributed by atoms with Gasteiger partial charge < -0.3 is 14.8 Å². The lowest BCUT2D eigenvalue weighted by Crippen LogP contribution is -2.29. The van der Waals surface area contributed by atoms with Crippen molar-refractivity contribution in [2.24, 2.45) is 0 Å². The molecule has 0 spiro atoms. The Morgan fingerprint density at radius 2 is 1.73 bits per heavy atom. The van der Waals surface area contributed by atoms with Gasteiger partial charge in [-0.1, -0.05) is 36.4 Å². The minimum Gasteiger partial charge on any atom is -0.427 e. The summed E-state index contributed by atoms with van der Waals surface area (Å²) < 4.78 is 10.1. The Labute approximate surface area is 178 Å². The lowest BCUT2D eigenvalue weighted by molar-refractivity contribution is -0.132. The molecule has 0 aliphatic carbocycles. The van der Waals surface area contributed by atoms with E-state index in [4.69, 9.17) is 21.1 Å². The Balaban J connectivity index is 2.39. The number of halogens is 1. The van der Waals surface area contributed by atoms with E-state index in [1.807, 2.05) is 0 Å². The average molecular weight is 430 g/mol. The summed E-state index contributed by atoms with van der Waals surface area (Å²) in [6, 6.07) is 10.1. The molecule has 7 nitrogen and oxygen atoms in total. The highest BCUT2D eigenvalue weighted by molar-refractivity contribution is 6.31. The van der Waals surface area contributed by atoms with Gasteiger partial charge in [0.05, 0.1) is 11.6 Å². The molecule has 0 saturated carbocycles. The first kappa shape index (κ1) is 22.8. The zero-order valence-electron chi connectivity index (χ0n) is 16.4. The summed E-state index contributed by atoms with van der Waals surface area (Å²) in [6.45, 7) is 5.83. The molecule has 1 amide bonds. The molecule has 156 valence electrons. The van der Waals surface area contributed by atoms with Crippen molar-refractivity contribution in [1.29, 1.82) is 0 Å². The van der Waals surface area contributed by atoms with Crippen LogP contribution in [0.25, 0.3) is 0 Å². The number of ether oxygens (including phenoxy) is 2. The Bertz CT molecular complexity index is 1000. The second-order valence-corrected chi connectivity index (χ2v) is 6.67. The Hall–Kier alpha value is -3.45. The number of nitrogens with one attached hydrogen (secondary N) is 1. The van der Waals surface area contributed by atoms with Crippen LogP contribution in [-0.4, -0.2) is 23.6 Å². The molecule has 1 atom stereocenters. The third-order valence-electron chi connectivity index (χ3n) is 3.94. The molecule has 2 aromatic carbocycles. The fourth-order valence-electron chi connectivity index (χ4n) is 2.72. The largest absolute Gasteiger partial charge is 0.427 e. The van der Waals surface area contributed by atoms with E-state index in [2.05, 4.69) is 11.9 Å². The molecule has 0 bridgehead atoms. The standard InChI is InChI=1S/C22H20ClNO6/c1-4-22(28)24-19(16-7-5-6-8-18(16)23)12-20(27)17-10-9-15(29-13(2)25)11-21(17)30-14(3)26/h4-11,19H,1,12H2,2-3H3,(H,24,28). The molecule has 0 aliphatic rings. The molecular weight excluding hydrogens is 410 g/mol. The van der Waals surface area contributed by atoms with Gasteiger partial charge in [0.1, 0.15) is 11.5 Å². The molecule has 0 aromatic heterocycles. The number of carbonyl (C=O) groups is 4. The first-order chi connectivity index (χ1) is 14.2. The number of hydrogen-bond acceptors (Lipinski definition) is 6. The molecule has 2 aromatic rings. The van der Waals surface area contributed by atoms with Gasteiger partial charge in [0, 0.05) is 31.4 Å². The second kappa shape index (κ2) is 10.4. The van der Waals surface area contributed by atoms with Crippen LogP contribution in [0, 0.1) is 0 Å². The van der Waals surface area contributed by atoms with E-state index >= 15 is 0 Å². The van der Waals surface area contributed by atoms with Crippen molar-refractivity contribution in [3.63, 3.8) is 0 Å². The minimum atomic E-state index is -0.741. The fraction of sp³-hybridized carbons (Fsp3) is 0.182. The molecule has 30 heavy (non-hydrogen) atoms. The van der Waals surface area contributed by atoms with Gasteiger partial charge >= 0.3 is 11.9 Å². The maximum Gasteiger partial charge on any atom is 0.308 e. The maximum atomic E-state index is 13.0. The van der Waals surface area contributed by atoms with E-state index in [0.29, 0.717) is 10.6 Å². The smallest absolute Gasteiger partial charge is 0.308 e. The van der Waals surface area contributed by atoms with Crippen molar-refractivity contribution < 1.29 is 28.7 Å². The Morgan fingerprint density at radius 1 is 1.07 bits per heavy atom. The molecular formula is C22H20ClNO6. The first-order valence-corrected chi connectivity index (χ1v) is 9.30. The zero-order valence-corrected chi connectivity index (χ0v) is 17.2. The summed E-state index contributed by atoms with van der Waals surface area (Å²) in [5, 5.41) is 3.06. The lowest BCUT2D eigenvalue weighted by Gasteiger charge is -2.20. The highest BCUT2D eigenvalue weighted by atomic mass is 35.5. The molecule has 2 rings (SSSR count). The van der Waals surface area contributed by atoms with Crippen LogP contribution >= 0.6 is 11.6 Å². The maximum absolute atomic E-state index is 13.0. The zero-order chi connectivity index (χ0) is 22.3. The second-order valence-electron chi connectivity index (χ2n) is 6.26. The van der Waals surface area contributed by atoms with Crippen LogP contribution in [0.15, 0.2) is 55.1 Å². The van der Waals surface area contributed by atoms with Gasteiger partial charge in [0.2, 0.25) is 5.91 Å². The molecule has 0 fully saturated rings. The quantitative estimate of drug-likeness (QED) is 0.296. The average Bonchev–Trinajstić information content (AvgIpc) is 2.67. The number of Topliss-reactive ketones (excluding diaryl/α,β-unsaturated/α-hetero) is 1. The normalized spacial score (nSPS) is 11.2. The van der Waals surface area contributed by atoms with Crippen molar-refractivity contribution in [2.45, 2.75) is 26.3 Å². The van der Waals surface area contributed by atoms with Crippen LogP contribution in [-0.2, 0) is 14.4 Å². The van der Waals surface area contributed by atoms with E-state index in [1.54, 1.807) is 24.3 Å². The number of rotatable bonds is 8. The summed E-state index contributed by atoms with van der Waals surface area (Å²) in [7, 11) is 0. The van der Waals surface area contributed by atoms with Gasteiger partial charge in [-0.3, -0.25) is 19.2 Å². The van der Waals surface area contributed by atoms with Gasteiger partial charge in [0.15, 0.2) is 5.78 Å². The minimum absolute atomic E-state index is 0.0563. The van der Waals surface area contributed by atoms with Crippen LogP contribution in [0.5, 0.6) is 11.5 Å². The molecule has 1 unspecified atom stereocenters. The van der Waals surface area contributed by atoms with E-state index in [1.165, 1.54) is 32.0 Å². The molecule has 0 radical (unpaired) electrons. The SMILES string of the molecule is C=CC(=O)NC(CC(=O)c1ccc(OC(C)=O)cc1OC(C)=O)c1ccccc1Cl. The van der Waals surface area contributed by atoms with E-state index in [-0.39, 0.29) is 23.5 Å². The highest BCUT2D eigenvalue weighted by Gasteiger charge is 2.23. The molecule has 0 aliphatic heterocycles. The predicted molar refractivity (Wildman–Crippen MR) is 111 cm³/mol. The summed E-state index contributed by atoms with van der Waals surface area (Å²) in [6.07, 6.45) is 0.928. The van der Waals surface area contributed by atoms with E-state index < -0.39 is 29.7 Å². The monoisotopic (exact) mass is 429 g/mol. The number of carbonyl (C=O) groups excluding carboxylic acids is 4. The van der Waals surface area contributed by atoms with Gasteiger partial charge in [-0.05, 0) is 29.8 Å². The van der Waals surface area contributed by atoms with Crippen molar-refractivity contribution in [3.05, 3.63) is 71.3 Å². The van der Waals surface area contributed by atoms with Crippen LogP contribution in [0.3, 0.4) is 0 Å². The number of hydrogen-bond donors (Lipinski definition) is 1. The van der Waals surface area contributed by atoms with Crippen molar-refractivity contribution >= 4 is 35.2 Å². The summed E-state index contributed by atoms with van der Waals surface area (Å²) >= 11 is 6.24. The molecule has 1 N–H and O–H groups in total. The van der Waals surface area contributed by atoms with Crippen molar-refractivity contribution in [1.82, 2.24) is 5.32 Å². The number of benzene rings is 2. The number of ketones is 1. The highest BCUT2D eigenvalue weighted by Crippen LogP contribution is 2.31. The summed E-state index contributed by atoms with van der Waals surface area (Å²) in [5.74, 6) is -2.04. The first-order valence-electron chi connectivity index (χ1n) is 8.92. The molecule has 8 heteroatoms. The third kappa shape index (κ3) is 6.28. The Morgan fingerprint density at radius 3 is 2.33 bits per heavy atom. The summed E-state index contributed by atoms with van der Waals surface area (Å²) in [4.78, 5) is 47.5. The lowest BCUT2D eigenvalue weighted by atomic mass is 9.97. The van der Waals surface area contributed by atoms with Crippen molar-refractivity contribution in [2.75, 3.05) is 0 Å². The van der Waals surface area contributed by atoms with Gasteiger partial charge in [-0.2, -0.15) is 0 Å². The van der Waals surface area contributed by atoms with E-state index in [0.717, 1.165) is 6.08 Å². The Kier molecular flexibility index (Phi) is 7.89. The van der Waals surface area contributed by atoms with Crippen LogP contribution in [0.1, 0.15) is 42.2 Å². The molecule has 0 heterocycles. The van der Waals surface area contributed by atoms with Crippen molar-refractivity contribution in [3.8, 4) is 11.5 Å². The van der Waals surface area contributed by atoms with E-state index in [9.17, 15) is 19.2 Å². The molecule has 0 saturated heterocycles. The number of amides is 1. The van der Waals surface area contributed by atoms with Crippen LogP contribution < -0.4 is 14.8 Å². The topological polar surface area (TPSA) is 98.8 Å². The predicted octanol–water partition coefficient (Wildman–Crippen LogP) is 3.81. The van der Waals surface area contributed by atoms with Crippen LogP contribution in [0.2, 0.25) is 5.02 Å². The van der Waals surface area contributed by atoms with Gasteiger partial charge in [0.25, 0.3) is 0 Å². The number of esters is 2. The third-order valence-corrected chi connectivity index (χ3v) is 4.28.